The van der Waals surface area contributed by atoms with Crippen LogP contribution in [0.3, 0.4) is 0 Å². The molecule has 0 radical (unpaired) electrons. The van der Waals surface area contributed by atoms with E-state index in [9.17, 15) is 0 Å². The van der Waals surface area contributed by atoms with Gasteiger partial charge in [-0.15, -0.1) is 0 Å². The SMILES string of the molecule is CCNc1nccn1C(C)C12CC3CC(CC(C3)C1)C2. The van der Waals surface area contributed by atoms with Gasteiger partial charge in [-0.25, -0.2) is 4.98 Å². The Kier molecular flexibility index (Phi) is 2.87. The van der Waals surface area contributed by atoms with Crippen LogP contribution in [0, 0.1) is 23.2 Å². The van der Waals surface area contributed by atoms with Gasteiger partial charge in [-0.05, 0) is 75.5 Å². The van der Waals surface area contributed by atoms with Gasteiger partial charge in [0.2, 0.25) is 5.95 Å². The van der Waals surface area contributed by atoms with E-state index < -0.39 is 0 Å². The lowest BCUT2D eigenvalue weighted by molar-refractivity contribution is -0.0784. The average molecular weight is 273 g/mol. The second-order valence-electron chi connectivity index (χ2n) is 7.64. The molecule has 0 spiro atoms. The minimum Gasteiger partial charge on any atom is -0.356 e. The zero-order valence-corrected chi connectivity index (χ0v) is 12.8. The van der Waals surface area contributed by atoms with Gasteiger partial charge >= 0.3 is 0 Å². The summed E-state index contributed by atoms with van der Waals surface area (Å²) in [6, 6.07) is 0.590. The first kappa shape index (κ1) is 12.7. The van der Waals surface area contributed by atoms with Gasteiger partial charge in [0.05, 0.1) is 0 Å². The van der Waals surface area contributed by atoms with Gasteiger partial charge in [0, 0.05) is 25.0 Å². The Balaban J connectivity index is 1.64. The van der Waals surface area contributed by atoms with E-state index in [1.165, 1.54) is 38.5 Å². The van der Waals surface area contributed by atoms with Crippen LogP contribution in [0.1, 0.15) is 58.4 Å². The van der Waals surface area contributed by atoms with Crippen molar-refractivity contribution in [3.63, 3.8) is 0 Å². The molecular weight excluding hydrogens is 246 g/mol. The molecule has 110 valence electrons. The third-order valence-electron chi connectivity index (χ3n) is 6.39. The van der Waals surface area contributed by atoms with Crippen LogP contribution < -0.4 is 5.32 Å². The number of anilines is 1. The quantitative estimate of drug-likeness (QED) is 0.895. The lowest BCUT2D eigenvalue weighted by Crippen LogP contribution is -2.49. The highest BCUT2D eigenvalue weighted by Crippen LogP contribution is 2.63. The van der Waals surface area contributed by atoms with E-state index in [0.717, 1.165) is 30.2 Å². The topological polar surface area (TPSA) is 29.9 Å². The van der Waals surface area contributed by atoms with Crippen molar-refractivity contribution in [3.8, 4) is 0 Å². The Bertz CT molecular complexity index is 455. The molecule has 1 aromatic heterocycles. The standard InChI is InChI=1S/C17H27N3/c1-3-18-16-19-4-5-20(16)12(2)17-9-13-6-14(10-17)8-15(7-13)11-17/h4-5,12-15H,3,6-11H2,1-2H3,(H,18,19). The molecule has 3 nitrogen and oxygen atoms in total. The Morgan fingerprint density at radius 2 is 1.85 bits per heavy atom. The molecule has 4 fully saturated rings. The molecule has 3 heteroatoms. The predicted octanol–water partition coefficient (Wildman–Crippen LogP) is 4.09. The van der Waals surface area contributed by atoms with Crippen molar-refractivity contribution in [2.45, 2.75) is 58.4 Å². The molecule has 1 unspecified atom stereocenters. The van der Waals surface area contributed by atoms with E-state index in [1.807, 2.05) is 6.20 Å². The molecule has 20 heavy (non-hydrogen) atoms. The lowest BCUT2D eigenvalue weighted by atomic mass is 9.48. The summed E-state index contributed by atoms with van der Waals surface area (Å²) in [5.41, 5.74) is 0.555. The molecule has 0 aliphatic heterocycles. The number of aromatic nitrogens is 2. The Labute approximate surface area is 122 Å². The van der Waals surface area contributed by atoms with Crippen molar-refractivity contribution in [1.29, 1.82) is 0 Å². The van der Waals surface area contributed by atoms with E-state index in [1.54, 1.807) is 0 Å². The summed E-state index contributed by atoms with van der Waals surface area (Å²) >= 11 is 0. The average Bonchev–Trinajstić information content (AvgIpc) is 2.85. The van der Waals surface area contributed by atoms with Crippen LogP contribution in [-0.4, -0.2) is 16.1 Å². The fraction of sp³-hybridized carbons (Fsp3) is 0.824. The molecule has 4 aliphatic rings. The van der Waals surface area contributed by atoms with E-state index in [-0.39, 0.29) is 0 Å². The maximum absolute atomic E-state index is 4.51. The minimum absolute atomic E-state index is 0.555. The van der Waals surface area contributed by atoms with Gasteiger partial charge in [-0.1, -0.05) is 0 Å². The summed E-state index contributed by atoms with van der Waals surface area (Å²) in [6.07, 6.45) is 13.1. The smallest absolute Gasteiger partial charge is 0.203 e. The third kappa shape index (κ3) is 1.82. The van der Waals surface area contributed by atoms with Crippen LogP contribution in [0.15, 0.2) is 12.4 Å². The number of hydrogen-bond donors (Lipinski definition) is 1. The summed E-state index contributed by atoms with van der Waals surface area (Å²) in [7, 11) is 0. The van der Waals surface area contributed by atoms with Crippen molar-refractivity contribution in [3.05, 3.63) is 12.4 Å². The molecule has 1 aromatic rings. The molecule has 0 saturated heterocycles. The van der Waals surface area contributed by atoms with Crippen LogP contribution in [0.25, 0.3) is 0 Å². The largest absolute Gasteiger partial charge is 0.356 e. The molecule has 1 heterocycles. The van der Waals surface area contributed by atoms with Crippen molar-refractivity contribution in [2.75, 3.05) is 11.9 Å². The molecule has 0 amide bonds. The molecule has 4 aliphatic carbocycles. The predicted molar refractivity (Wildman–Crippen MR) is 81.7 cm³/mol. The molecule has 1 atom stereocenters. The fourth-order valence-corrected chi connectivity index (χ4v) is 5.90. The van der Waals surface area contributed by atoms with Crippen molar-refractivity contribution in [1.82, 2.24) is 9.55 Å². The normalized spacial score (nSPS) is 40.0. The van der Waals surface area contributed by atoms with Gasteiger partial charge in [0.25, 0.3) is 0 Å². The van der Waals surface area contributed by atoms with Crippen molar-refractivity contribution in [2.24, 2.45) is 23.2 Å². The first-order valence-corrected chi connectivity index (χ1v) is 8.47. The molecule has 5 rings (SSSR count). The van der Waals surface area contributed by atoms with Crippen LogP contribution in [0.4, 0.5) is 5.95 Å². The number of rotatable bonds is 4. The van der Waals surface area contributed by atoms with Gasteiger partial charge in [0.1, 0.15) is 0 Å². The van der Waals surface area contributed by atoms with Crippen LogP contribution >= 0.6 is 0 Å². The molecule has 0 aromatic carbocycles. The Hall–Kier alpha value is -0.990. The number of nitrogens with zero attached hydrogens (tertiary/aromatic N) is 2. The van der Waals surface area contributed by atoms with Gasteiger partial charge in [-0.3, -0.25) is 0 Å². The van der Waals surface area contributed by atoms with Gasteiger partial charge in [-0.2, -0.15) is 0 Å². The number of imidazole rings is 1. The highest BCUT2D eigenvalue weighted by molar-refractivity contribution is 5.27. The third-order valence-corrected chi connectivity index (χ3v) is 6.39. The minimum atomic E-state index is 0.555. The zero-order chi connectivity index (χ0) is 13.7. The van der Waals surface area contributed by atoms with Crippen LogP contribution in [0.2, 0.25) is 0 Å². The van der Waals surface area contributed by atoms with Crippen LogP contribution in [-0.2, 0) is 0 Å². The Morgan fingerprint density at radius 3 is 2.40 bits per heavy atom. The summed E-state index contributed by atoms with van der Waals surface area (Å²) in [6.45, 7) is 5.54. The van der Waals surface area contributed by atoms with E-state index >= 15 is 0 Å². The van der Waals surface area contributed by atoms with E-state index in [4.69, 9.17) is 0 Å². The van der Waals surface area contributed by atoms with Gasteiger partial charge < -0.3 is 9.88 Å². The summed E-state index contributed by atoms with van der Waals surface area (Å²) in [4.78, 5) is 4.51. The second-order valence-corrected chi connectivity index (χ2v) is 7.64. The highest BCUT2D eigenvalue weighted by Gasteiger charge is 2.53. The summed E-state index contributed by atoms with van der Waals surface area (Å²) in [5, 5.41) is 3.42. The molecule has 4 saturated carbocycles. The van der Waals surface area contributed by atoms with Crippen molar-refractivity contribution < 1.29 is 0 Å². The molecule has 1 N–H and O–H groups in total. The first-order chi connectivity index (χ1) is 9.70. The van der Waals surface area contributed by atoms with Crippen LogP contribution in [0.5, 0.6) is 0 Å². The maximum atomic E-state index is 4.51. The Morgan fingerprint density at radius 1 is 1.25 bits per heavy atom. The monoisotopic (exact) mass is 273 g/mol. The first-order valence-electron chi connectivity index (χ1n) is 8.47. The fourth-order valence-electron chi connectivity index (χ4n) is 5.90. The van der Waals surface area contributed by atoms with E-state index in [2.05, 4.69) is 34.9 Å². The second kappa shape index (κ2) is 4.51. The van der Waals surface area contributed by atoms with E-state index in [0.29, 0.717) is 11.5 Å². The number of nitrogens with one attached hydrogen (secondary N) is 1. The molecular formula is C17H27N3. The maximum Gasteiger partial charge on any atom is 0.203 e. The van der Waals surface area contributed by atoms with Crippen molar-refractivity contribution >= 4 is 5.95 Å². The number of hydrogen-bond acceptors (Lipinski definition) is 2. The summed E-state index contributed by atoms with van der Waals surface area (Å²) < 4.78 is 2.41. The lowest BCUT2D eigenvalue weighted by Gasteiger charge is -2.59. The zero-order valence-electron chi connectivity index (χ0n) is 12.8. The molecule has 4 bridgehead atoms. The summed E-state index contributed by atoms with van der Waals surface area (Å²) in [5.74, 6) is 4.13. The van der Waals surface area contributed by atoms with Gasteiger partial charge in [0.15, 0.2) is 0 Å². The highest BCUT2D eigenvalue weighted by atomic mass is 15.2.